The number of aromatic nitrogens is 3. The summed E-state index contributed by atoms with van der Waals surface area (Å²) in [6.07, 6.45) is -1.37. The van der Waals surface area contributed by atoms with Gasteiger partial charge in [0.05, 0.1) is 22.6 Å². The number of aryl methyl sites for hydroxylation is 1. The number of carbonyl (C=O) groups is 1. The number of amides is 1. The fourth-order valence-corrected chi connectivity index (χ4v) is 4.33. The average Bonchev–Trinajstić information content (AvgIpc) is 3.17. The summed E-state index contributed by atoms with van der Waals surface area (Å²) in [4.78, 5) is 34.5. The number of nitrogens with zero attached hydrogens (tertiary/aromatic N) is 4. The fraction of sp³-hybridized carbons (Fsp3) is 0.440. The molecule has 198 valence electrons. The highest BCUT2D eigenvalue weighted by Gasteiger charge is 2.37. The van der Waals surface area contributed by atoms with Crippen LogP contribution in [0.3, 0.4) is 0 Å². The van der Waals surface area contributed by atoms with E-state index in [9.17, 15) is 27.2 Å². The molecule has 0 radical (unpaired) electrons. The van der Waals surface area contributed by atoms with Crippen LogP contribution in [0, 0.1) is 5.82 Å². The van der Waals surface area contributed by atoms with Gasteiger partial charge in [-0.3, -0.25) is 4.79 Å². The van der Waals surface area contributed by atoms with E-state index in [4.69, 9.17) is 10.5 Å². The van der Waals surface area contributed by atoms with Crippen molar-refractivity contribution < 1.29 is 27.1 Å². The van der Waals surface area contributed by atoms with E-state index in [2.05, 4.69) is 9.97 Å². The van der Waals surface area contributed by atoms with Crippen molar-refractivity contribution in [2.24, 2.45) is 5.73 Å². The van der Waals surface area contributed by atoms with Crippen molar-refractivity contribution in [3.05, 3.63) is 58.5 Å². The minimum Gasteiger partial charge on any atom is -0.444 e. The van der Waals surface area contributed by atoms with Crippen molar-refractivity contribution in [1.82, 2.24) is 19.4 Å². The molecule has 37 heavy (non-hydrogen) atoms. The molecule has 1 saturated heterocycles. The molecular formula is C25H27F4N5O3. The minimum atomic E-state index is -4.61. The Balaban J connectivity index is 1.56. The first kappa shape index (κ1) is 26.5. The average molecular weight is 522 g/mol. The number of carbonyl (C=O) groups excluding carboxylic acids is 1. The van der Waals surface area contributed by atoms with Gasteiger partial charge in [0.25, 0.3) is 5.56 Å². The van der Waals surface area contributed by atoms with E-state index in [1.165, 1.54) is 16.8 Å². The maximum Gasteiger partial charge on any atom is 0.419 e. The molecule has 2 atom stereocenters. The molecule has 2 aromatic heterocycles. The highest BCUT2D eigenvalue weighted by Crippen LogP contribution is 2.30. The third kappa shape index (κ3) is 5.74. The van der Waals surface area contributed by atoms with E-state index >= 15 is 0 Å². The molecule has 2 N–H and O–H groups in total. The van der Waals surface area contributed by atoms with E-state index in [1.54, 1.807) is 31.7 Å². The Morgan fingerprint density at radius 1 is 1.19 bits per heavy atom. The van der Waals surface area contributed by atoms with Crippen molar-refractivity contribution in [3.63, 3.8) is 0 Å². The van der Waals surface area contributed by atoms with Crippen molar-refractivity contribution in [1.29, 1.82) is 0 Å². The topological polar surface area (TPSA) is 103 Å². The Hall–Kier alpha value is -3.54. The Labute approximate surface area is 210 Å². The zero-order valence-corrected chi connectivity index (χ0v) is 20.6. The molecule has 1 aliphatic heterocycles. The largest absolute Gasteiger partial charge is 0.444 e. The van der Waals surface area contributed by atoms with Gasteiger partial charge in [0.15, 0.2) is 5.82 Å². The van der Waals surface area contributed by atoms with Gasteiger partial charge in [-0.1, -0.05) is 0 Å². The van der Waals surface area contributed by atoms with Gasteiger partial charge in [0, 0.05) is 37.7 Å². The summed E-state index contributed by atoms with van der Waals surface area (Å²) in [6.45, 7) is 6.02. The van der Waals surface area contributed by atoms with Crippen LogP contribution in [0.1, 0.15) is 39.2 Å². The molecule has 1 aliphatic rings. The molecular weight excluding hydrogens is 494 g/mol. The number of pyridine rings is 1. The van der Waals surface area contributed by atoms with Crippen LogP contribution in [0.25, 0.3) is 22.2 Å². The van der Waals surface area contributed by atoms with Crippen LogP contribution >= 0.6 is 0 Å². The number of rotatable bonds is 4. The van der Waals surface area contributed by atoms with Gasteiger partial charge in [0.2, 0.25) is 0 Å². The van der Waals surface area contributed by atoms with Gasteiger partial charge in [-0.25, -0.2) is 19.2 Å². The summed E-state index contributed by atoms with van der Waals surface area (Å²) in [5.41, 5.74) is 3.95. The second-order valence-corrected chi connectivity index (χ2v) is 10.0. The lowest BCUT2D eigenvalue weighted by Crippen LogP contribution is -2.45. The summed E-state index contributed by atoms with van der Waals surface area (Å²) in [7, 11) is 0. The highest BCUT2D eigenvalue weighted by molar-refractivity contribution is 5.86. The highest BCUT2D eigenvalue weighted by atomic mass is 19.4. The molecule has 0 bridgehead atoms. The van der Waals surface area contributed by atoms with Crippen molar-refractivity contribution in [2.45, 2.75) is 64.0 Å². The zero-order valence-electron chi connectivity index (χ0n) is 20.6. The number of hydrogen-bond acceptors (Lipinski definition) is 6. The molecule has 0 aliphatic carbocycles. The molecule has 0 unspecified atom stereocenters. The minimum absolute atomic E-state index is 0.0929. The standard InChI is InChI=1S/C25H27F4N5O3/c1-24(2,3)37-23(36)34-9-5-19(30)20(34)6-8-33-7-4-14-10-17(18(26)11-16(14)22(33)35)21-31-12-15(13-32-21)25(27,28)29/h4,7,10-13,19-20H,5-6,8-9,30H2,1-3H3/t19-,20+/m0/s1. The third-order valence-electron chi connectivity index (χ3n) is 6.18. The zero-order chi connectivity index (χ0) is 27.1. The van der Waals surface area contributed by atoms with E-state index in [0.717, 1.165) is 6.07 Å². The number of benzene rings is 1. The van der Waals surface area contributed by atoms with Gasteiger partial charge in [0.1, 0.15) is 11.4 Å². The molecule has 0 spiro atoms. The van der Waals surface area contributed by atoms with E-state index in [1.807, 2.05) is 0 Å². The monoisotopic (exact) mass is 521 g/mol. The molecule has 1 aromatic carbocycles. The van der Waals surface area contributed by atoms with E-state index in [0.29, 0.717) is 37.2 Å². The number of hydrogen-bond donors (Lipinski definition) is 1. The second kappa shape index (κ2) is 9.73. The first-order chi connectivity index (χ1) is 17.2. The van der Waals surface area contributed by atoms with Crippen molar-refractivity contribution in [2.75, 3.05) is 6.54 Å². The van der Waals surface area contributed by atoms with Gasteiger partial charge in [-0.2, -0.15) is 13.2 Å². The van der Waals surface area contributed by atoms with Crippen LogP contribution < -0.4 is 11.3 Å². The van der Waals surface area contributed by atoms with E-state index < -0.39 is 34.8 Å². The quantitative estimate of drug-likeness (QED) is 0.513. The Morgan fingerprint density at radius 3 is 2.49 bits per heavy atom. The SMILES string of the molecule is CC(C)(C)OC(=O)N1CC[C@H](N)[C@H]1CCn1ccc2cc(-c3ncc(C(F)(F)F)cn3)c(F)cc2c1=O. The van der Waals surface area contributed by atoms with Crippen molar-refractivity contribution in [3.8, 4) is 11.4 Å². The van der Waals surface area contributed by atoms with Gasteiger partial charge < -0.3 is 19.9 Å². The predicted molar refractivity (Wildman–Crippen MR) is 128 cm³/mol. The third-order valence-corrected chi connectivity index (χ3v) is 6.18. The maximum absolute atomic E-state index is 14.9. The van der Waals surface area contributed by atoms with Gasteiger partial charge >= 0.3 is 12.3 Å². The molecule has 3 aromatic rings. The number of nitrogens with two attached hydrogens (primary N) is 1. The normalized spacial score (nSPS) is 18.4. The van der Waals surface area contributed by atoms with Crippen LogP contribution in [-0.2, 0) is 17.5 Å². The number of alkyl halides is 3. The number of fused-ring (bicyclic) bond motifs is 1. The van der Waals surface area contributed by atoms with Crippen LogP contribution in [0.4, 0.5) is 22.4 Å². The number of likely N-dealkylation sites (tertiary alicyclic amines) is 1. The van der Waals surface area contributed by atoms with Gasteiger partial charge in [-0.05, 0) is 57.2 Å². The lowest BCUT2D eigenvalue weighted by molar-refractivity contribution is -0.138. The lowest BCUT2D eigenvalue weighted by atomic mass is 10.1. The lowest BCUT2D eigenvalue weighted by Gasteiger charge is -2.30. The summed E-state index contributed by atoms with van der Waals surface area (Å²) in [5, 5.41) is 0.476. The molecule has 12 heteroatoms. The Morgan fingerprint density at radius 2 is 1.86 bits per heavy atom. The molecule has 0 saturated carbocycles. The van der Waals surface area contributed by atoms with Crippen molar-refractivity contribution >= 4 is 16.9 Å². The summed E-state index contributed by atoms with van der Waals surface area (Å²) in [6, 6.07) is 3.36. The summed E-state index contributed by atoms with van der Waals surface area (Å²) < 4.78 is 60.1. The van der Waals surface area contributed by atoms with Crippen LogP contribution in [0.15, 0.2) is 41.6 Å². The Bertz CT molecular complexity index is 1370. The molecule has 4 rings (SSSR count). The van der Waals surface area contributed by atoms with Crippen LogP contribution in [-0.4, -0.2) is 49.8 Å². The molecule has 8 nitrogen and oxygen atoms in total. The molecule has 1 amide bonds. The smallest absolute Gasteiger partial charge is 0.419 e. The first-order valence-corrected chi connectivity index (χ1v) is 11.7. The molecule has 1 fully saturated rings. The number of ether oxygens (including phenoxy) is 1. The first-order valence-electron chi connectivity index (χ1n) is 11.7. The van der Waals surface area contributed by atoms with E-state index in [-0.39, 0.29) is 35.4 Å². The maximum atomic E-state index is 14.9. The summed E-state index contributed by atoms with van der Waals surface area (Å²) >= 11 is 0. The fourth-order valence-electron chi connectivity index (χ4n) is 4.33. The molecule has 3 heterocycles. The van der Waals surface area contributed by atoms with Crippen LogP contribution in [0.2, 0.25) is 0 Å². The second-order valence-electron chi connectivity index (χ2n) is 10.0. The van der Waals surface area contributed by atoms with Crippen LogP contribution in [0.5, 0.6) is 0 Å². The van der Waals surface area contributed by atoms with Gasteiger partial charge in [-0.15, -0.1) is 0 Å². The summed E-state index contributed by atoms with van der Waals surface area (Å²) in [5.74, 6) is -1.06. The number of halogens is 4. The Kier molecular flexibility index (Phi) is 6.97. The predicted octanol–water partition coefficient (Wildman–Crippen LogP) is 4.34.